The summed E-state index contributed by atoms with van der Waals surface area (Å²) in [6.07, 6.45) is -5.23. The van der Waals surface area contributed by atoms with Crippen molar-refractivity contribution in [2.45, 2.75) is 25.6 Å². The molecular weight excluding hydrogens is 532 g/mol. The van der Waals surface area contributed by atoms with E-state index in [0.29, 0.717) is 17.1 Å². The van der Waals surface area contributed by atoms with E-state index in [4.69, 9.17) is 14.2 Å². The van der Waals surface area contributed by atoms with Gasteiger partial charge in [0, 0.05) is 0 Å². The maximum absolute atomic E-state index is 12.5. The van der Waals surface area contributed by atoms with Crippen LogP contribution in [0.15, 0.2) is 12.1 Å². The Morgan fingerprint density at radius 2 is 1.76 bits per heavy atom. The number of hydrogen-bond donors (Lipinski definition) is 1. The van der Waals surface area contributed by atoms with Gasteiger partial charge in [-0.05, 0) is 0 Å². The van der Waals surface area contributed by atoms with Gasteiger partial charge in [-0.15, -0.1) is 0 Å². The van der Waals surface area contributed by atoms with E-state index in [1.54, 1.807) is 17.4 Å². The SMILES string of the molecule is CCOC(=O)C(Cc1cc(OC)c(OC)c[c]1[Hg+])NC(=O)C(F)(F)F. The maximum atomic E-state index is 12.5. The fraction of sp³-hybridized carbons (Fsp3) is 0.467. The van der Waals surface area contributed by atoms with Crippen molar-refractivity contribution in [3.05, 3.63) is 17.7 Å². The molecule has 0 heterocycles. The van der Waals surface area contributed by atoms with E-state index in [9.17, 15) is 22.8 Å². The molecule has 0 aliphatic carbocycles. The van der Waals surface area contributed by atoms with Gasteiger partial charge in [-0.25, -0.2) is 0 Å². The van der Waals surface area contributed by atoms with Crippen LogP contribution >= 0.6 is 0 Å². The second kappa shape index (κ2) is 9.26. The second-order valence-electron chi connectivity index (χ2n) is 4.96. The van der Waals surface area contributed by atoms with E-state index in [2.05, 4.69) is 0 Å². The van der Waals surface area contributed by atoms with Crippen molar-refractivity contribution >= 4 is 14.9 Å². The van der Waals surface area contributed by atoms with Crippen LogP contribution in [0.4, 0.5) is 13.2 Å². The van der Waals surface area contributed by atoms with E-state index in [-0.39, 0.29) is 39.1 Å². The van der Waals surface area contributed by atoms with Crippen molar-refractivity contribution < 1.29 is 63.1 Å². The molecule has 0 saturated carbocycles. The summed E-state index contributed by atoms with van der Waals surface area (Å²) in [6, 6.07) is 1.85. The molecule has 1 amide bonds. The van der Waals surface area contributed by atoms with Crippen molar-refractivity contribution in [3.8, 4) is 11.5 Å². The number of esters is 1. The average Bonchev–Trinajstić information content (AvgIpc) is 2.54. The van der Waals surface area contributed by atoms with Gasteiger partial charge in [0.05, 0.1) is 0 Å². The van der Waals surface area contributed by atoms with Crippen LogP contribution in [0.1, 0.15) is 12.5 Å². The number of hydrogen-bond acceptors (Lipinski definition) is 5. The summed E-state index contributed by atoms with van der Waals surface area (Å²) in [6.45, 7) is 1.51. The first-order valence-electron chi connectivity index (χ1n) is 7.25. The average molecular weight is 549 g/mol. The number of rotatable bonds is 7. The molecule has 1 unspecified atom stereocenters. The van der Waals surface area contributed by atoms with E-state index in [1.807, 2.05) is 0 Å². The van der Waals surface area contributed by atoms with Crippen molar-refractivity contribution in [1.29, 1.82) is 0 Å². The predicted molar refractivity (Wildman–Crippen MR) is 77.5 cm³/mol. The zero-order valence-corrected chi connectivity index (χ0v) is 19.5. The van der Waals surface area contributed by atoms with Crippen molar-refractivity contribution in [3.63, 3.8) is 0 Å². The fourth-order valence-corrected chi connectivity index (χ4v) is 3.73. The third kappa shape index (κ3) is 6.05. The van der Waals surface area contributed by atoms with Crippen molar-refractivity contribution in [2.75, 3.05) is 20.8 Å². The van der Waals surface area contributed by atoms with E-state index in [1.165, 1.54) is 21.1 Å². The third-order valence-electron chi connectivity index (χ3n) is 3.26. The number of alkyl halides is 3. The van der Waals surface area contributed by atoms with Crippen molar-refractivity contribution in [2.24, 2.45) is 0 Å². The first-order chi connectivity index (χ1) is 11.6. The number of methoxy groups -OCH3 is 2. The number of carbonyl (C=O) groups is 2. The molecule has 1 rings (SSSR count). The van der Waals surface area contributed by atoms with Gasteiger partial charge in [0.2, 0.25) is 0 Å². The molecule has 0 spiro atoms. The number of benzene rings is 1. The Hall–Kier alpha value is -1.51. The van der Waals surface area contributed by atoms with Gasteiger partial charge >= 0.3 is 159 Å². The Morgan fingerprint density at radius 3 is 2.24 bits per heavy atom. The summed E-state index contributed by atoms with van der Waals surface area (Å²) in [5.74, 6) is -2.24. The van der Waals surface area contributed by atoms with E-state index in [0.717, 1.165) is 3.07 Å². The van der Waals surface area contributed by atoms with Crippen LogP contribution in [0.25, 0.3) is 0 Å². The van der Waals surface area contributed by atoms with Gasteiger partial charge in [0.25, 0.3) is 0 Å². The molecule has 1 aromatic carbocycles. The molecule has 25 heavy (non-hydrogen) atoms. The molecule has 10 heteroatoms. The molecular formula is C15H17F3HgNO5+. The number of amides is 1. The normalized spacial score (nSPS) is 12.3. The van der Waals surface area contributed by atoms with Gasteiger partial charge in [0.1, 0.15) is 0 Å². The van der Waals surface area contributed by atoms with E-state index >= 15 is 0 Å². The molecule has 0 aliphatic rings. The second-order valence-corrected chi connectivity index (χ2v) is 7.92. The molecule has 0 aromatic heterocycles. The van der Waals surface area contributed by atoms with Crippen LogP contribution in [-0.4, -0.2) is 44.9 Å². The van der Waals surface area contributed by atoms with Gasteiger partial charge in [0.15, 0.2) is 0 Å². The Bertz CT molecular complexity index is 636. The molecule has 0 fully saturated rings. The molecule has 0 bridgehead atoms. The van der Waals surface area contributed by atoms with Crippen molar-refractivity contribution in [1.82, 2.24) is 5.32 Å². The standard InChI is InChI=1S/C15H17F3NO5.Hg/c1-4-24-13(20)10(19-14(21)15(16,17)18)7-9-5-6-11(22-2)12(8-9)23-3;/h6,8,10H,4,7H2,1-3H3,(H,19,21);/q;+1. The van der Waals surface area contributed by atoms with Gasteiger partial charge in [-0.3, -0.25) is 0 Å². The van der Waals surface area contributed by atoms with Gasteiger partial charge < -0.3 is 0 Å². The molecule has 6 nitrogen and oxygen atoms in total. The van der Waals surface area contributed by atoms with Crippen LogP contribution in [0.2, 0.25) is 0 Å². The van der Waals surface area contributed by atoms with Crippen LogP contribution in [-0.2, 0) is 46.9 Å². The number of carbonyl (C=O) groups excluding carboxylic acids is 2. The minimum atomic E-state index is -5.09. The zero-order valence-electron chi connectivity index (χ0n) is 14.0. The number of ether oxygens (including phenoxy) is 3. The summed E-state index contributed by atoms with van der Waals surface area (Å²) in [5.41, 5.74) is 0.599. The monoisotopic (exact) mass is 550 g/mol. The summed E-state index contributed by atoms with van der Waals surface area (Å²) in [5, 5.41) is 1.69. The molecule has 0 radical (unpaired) electrons. The van der Waals surface area contributed by atoms with Crippen LogP contribution in [0.5, 0.6) is 11.5 Å². The topological polar surface area (TPSA) is 73.9 Å². The summed E-state index contributed by atoms with van der Waals surface area (Å²) >= 11 is 0.0905. The molecule has 1 N–H and O–H groups in total. The van der Waals surface area contributed by atoms with Gasteiger partial charge in [-0.1, -0.05) is 0 Å². The molecule has 0 saturated heterocycles. The summed E-state index contributed by atoms with van der Waals surface area (Å²) in [7, 11) is 2.89. The van der Waals surface area contributed by atoms with E-state index < -0.39 is 24.1 Å². The number of halogens is 3. The quantitative estimate of drug-likeness (QED) is 0.407. The Labute approximate surface area is 159 Å². The third-order valence-corrected chi connectivity index (χ3v) is 5.82. The zero-order chi connectivity index (χ0) is 19.2. The Morgan fingerprint density at radius 1 is 1.20 bits per heavy atom. The van der Waals surface area contributed by atoms with Crippen LogP contribution < -0.4 is 17.9 Å². The molecule has 1 aromatic rings. The molecule has 134 valence electrons. The number of nitrogens with one attached hydrogen (secondary N) is 1. The fourth-order valence-electron chi connectivity index (χ4n) is 2.05. The summed E-state index contributed by atoms with van der Waals surface area (Å²) in [4.78, 5) is 23.2. The molecule has 1 atom stereocenters. The van der Waals surface area contributed by atoms with Gasteiger partial charge in [-0.2, -0.15) is 0 Å². The first kappa shape index (κ1) is 21.5. The molecule has 0 aliphatic heterocycles. The minimum absolute atomic E-state index is 0.0135. The van der Waals surface area contributed by atoms with Crippen LogP contribution in [0.3, 0.4) is 0 Å². The predicted octanol–water partition coefficient (Wildman–Crippen LogP) is 1.03. The summed E-state index contributed by atoms with van der Waals surface area (Å²) < 4.78 is 53.5. The van der Waals surface area contributed by atoms with Crippen LogP contribution in [0, 0.1) is 0 Å². The Kier molecular flexibility index (Phi) is 7.97. The first-order valence-corrected chi connectivity index (χ1v) is 10.00. The Balaban J connectivity index is 3.12.